The number of thiazole rings is 1. The van der Waals surface area contributed by atoms with Gasteiger partial charge in [0.15, 0.2) is 4.96 Å². The first kappa shape index (κ1) is 12.4. The van der Waals surface area contributed by atoms with E-state index in [0.717, 1.165) is 29.9 Å². The molecule has 2 heterocycles. The fourth-order valence-electron chi connectivity index (χ4n) is 3.12. The van der Waals surface area contributed by atoms with Crippen LogP contribution in [0, 0.1) is 5.92 Å². The van der Waals surface area contributed by atoms with Gasteiger partial charge in [-0.3, -0.25) is 4.40 Å². The van der Waals surface area contributed by atoms with Crippen molar-refractivity contribution in [1.82, 2.24) is 9.38 Å². The number of benzene rings is 1. The number of alkyl halides is 1. The van der Waals surface area contributed by atoms with Crippen LogP contribution in [0.25, 0.3) is 4.96 Å². The Balaban J connectivity index is 1.59. The molecule has 2 atom stereocenters. The zero-order valence-corrected chi connectivity index (χ0v) is 12.6. The van der Waals surface area contributed by atoms with Crippen molar-refractivity contribution in [2.24, 2.45) is 5.92 Å². The van der Waals surface area contributed by atoms with Crippen LogP contribution in [0.15, 0.2) is 42.0 Å². The molecular formula is C16H15ClN2S. The molecule has 0 radical (unpaired) electrons. The minimum atomic E-state index is 0.111. The fraction of sp³-hybridized carbons (Fsp3) is 0.312. The van der Waals surface area contributed by atoms with Gasteiger partial charge in [0.05, 0.1) is 11.1 Å². The first-order valence-electron chi connectivity index (χ1n) is 6.94. The zero-order chi connectivity index (χ0) is 13.5. The van der Waals surface area contributed by atoms with E-state index in [1.165, 1.54) is 11.1 Å². The van der Waals surface area contributed by atoms with Gasteiger partial charge in [-0.2, -0.15) is 0 Å². The molecule has 2 aromatic heterocycles. The van der Waals surface area contributed by atoms with E-state index in [0.29, 0.717) is 5.92 Å². The molecule has 0 saturated heterocycles. The second-order valence-corrected chi connectivity index (χ2v) is 6.77. The van der Waals surface area contributed by atoms with Crippen LogP contribution in [0.4, 0.5) is 0 Å². The summed E-state index contributed by atoms with van der Waals surface area (Å²) < 4.78 is 2.10. The number of halogens is 1. The smallest absolute Gasteiger partial charge is 0.193 e. The summed E-state index contributed by atoms with van der Waals surface area (Å²) in [5.74, 6) is 0.483. The molecule has 0 amide bonds. The predicted molar refractivity (Wildman–Crippen MR) is 83.6 cm³/mol. The van der Waals surface area contributed by atoms with Crippen LogP contribution < -0.4 is 0 Å². The number of hydrogen-bond donors (Lipinski definition) is 0. The van der Waals surface area contributed by atoms with E-state index >= 15 is 0 Å². The molecule has 0 fully saturated rings. The van der Waals surface area contributed by atoms with Crippen LogP contribution in [0.1, 0.15) is 28.6 Å². The number of fused-ring (bicyclic) bond motifs is 2. The molecule has 0 N–H and O–H groups in total. The molecule has 0 bridgehead atoms. The average molecular weight is 303 g/mol. The van der Waals surface area contributed by atoms with Crippen LogP contribution >= 0.6 is 22.9 Å². The first-order chi connectivity index (χ1) is 9.81. The third kappa shape index (κ3) is 2.05. The summed E-state index contributed by atoms with van der Waals surface area (Å²) >= 11 is 8.38. The topological polar surface area (TPSA) is 17.3 Å². The number of imidazole rings is 1. The lowest BCUT2D eigenvalue weighted by molar-refractivity contribution is 0.439. The second kappa shape index (κ2) is 4.90. The minimum absolute atomic E-state index is 0.111. The Bertz CT molecular complexity index is 717. The Kier molecular flexibility index (Phi) is 3.04. The van der Waals surface area contributed by atoms with E-state index in [1.807, 2.05) is 0 Å². The van der Waals surface area contributed by atoms with Crippen LogP contribution in [0.5, 0.6) is 0 Å². The lowest BCUT2D eigenvalue weighted by Crippen LogP contribution is -2.19. The summed E-state index contributed by atoms with van der Waals surface area (Å²) in [5.41, 5.74) is 3.88. The number of aryl methyl sites for hydroxylation is 1. The van der Waals surface area contributed by atoms with Crippen molar-refractivity contribution in [3.05, 3.63) is 58.9 Å². The highest BCUT2D eigenvalue weighted by Gasteiger charge is 2.28. The van der Waals surface area contributed by atoms with Crippen LogP contribution in [0.3, 0.4) is 0 Å². The largest absolute Gasteiger partial charge is 0.297 e. The molecule has 0 aliphatic heterocycles. The van der Waals surface area contributed by atoms with Crippen molar-refractivity contribution in [1.29, 1.82) is 0 Å². The molecule has 2 unspecified atom stereocenters. The molecule has 2 nitrogen and oxygen atoms in total. The van der Waals surface area contributed by atoms with Crippen molar-refractivity contribution in [3.63, 3.8) is 0 Å². The number of hydrogen-bond acceptors (Lipinski definition) is 2. The van der Waals surface area contributed by atoms with Gasteiger partial charge in [-0.25, -0.2) is 4.98 Å². The number of nitrogens with zero attached hydrogens (tertiary/aromatic N) is 2. The Morgan fingerprint density at radius 1 is 1.35 bits per heavy atom. The van der Waals surface area contributed by atoms with Gasteiger partial charge in [0.25, 0.3) is 0 Å². The molecule has 1 aliphatic carbocycles. The summed E-state index contributed by atoms with van der Waals surface area (Å²) in [6, 6.07) is 8.56. The first-order valence-corrected chi connectivity index (χ1v) is 8.26. The molecule has 4 rings (SSSR count). The lowest BCUT2D eigenvalue weighted by Gasteiger charge is -2.29. The van der Waals surface area contributed by atoms with E-state index in [-0.39, 0.29) is 5.38 Å². The molecule has 0 spiro atoms. The summed E-state index contributed by atoms with van der Waals surface area (Å²) in [4.78, 5) is 5.75. The standard InChI is InChI=1S/C16H15ClN2S/c17-15-12(6-5-11-3-1-2-4-14(11)15)9-13-10-19-7-8-20-16(19)18-13/h1-4,7-8,10,12,15H,5-6,9H2. The predicted octanol–water partition coefficient (Wildman–Crippen LogP) is 4.48. The molecule has 20 heavy (non-hydrogen) atoms. The van der Waals surface area contributed by atoms with Crippen molar-refractivity contribution >= 4 is 27.9 Å². The quantitative estimate of drug-likeness (QED) is 0.638. The third-order valence-corrected chi connectivity index (χ3v) is 5.53. The molecule has 3 aromatic rings. The lowest BCUT2D eigenvalue weighted by atomic mass is 9.81. The van der Waals surface area contributed by atoms with Crippen LogP contribution in [0.2, 0.25) is 0 Å². The molecule has 0 saturated carbocycles. The van der Waals surface area contributed by atoms with Gasteiger partial charge in [-0.15, -0.1) is 22.9 Å². The SMILES string of the molecule is ClC1c2ccccc2CCC1Cc1cn2ccsc2n1. The van der Waals surface area contributed by atoms with Crippen molar-refractivity contribution < 1.29 is 0 Å². The van der Waals surface area contributed by atoms with Gasteiger partial charge in [-0.05, 0) is 36.3 Å². The molecule has 4 heteroatoms. The van der Waals surface area contributed by atoms with Crippen molar-refractivity contribution in [2.75, 3.05) is 0 Å². The molecular weight excluding hydrogens is 288 g/mol. The van der Waals surface area contributed by atoms with E-state index in [4.69, 9.17) is 11.6 Å². The van der Waals surface area contributed by atoms with Gasteiger partial charge in [0.2, 0.25) is 0 Å². The van der Waals surface area contributed by atoms with E-state index in [2.05, 4.69) is 51.4 Å². The number of rotatable bonds is 2. The highest BCUT2D eigenvalue weighted by Crippen LogP contribution is 2.40. The Labute approximate surface area is 127 Å². The van der Waals surface area contributed by atoms with E-state index < -0.39 is 0 Å². The van der Waals surface area contributed by atoms with Gasteiger partial charge in [0, 0.05) is 17.8 Å². The van der Waals surface area contributed by atoms with E-state index in [1.54, 1.807) is 11.3 Å². The van der Waals surface area contributed by atoms with Crippen LogP contribution in [-0.2, 0) is 12.8 Å². The summed E-state index contributed by atoms with van der Waals surface area (Å²) in [6.45, 7) is 0. The maximum atomic E-state index is 6.70. The Morgan fingerprint density at radius 2 is 2.25 bits per heavy atom. The summed E-state index contributed by atoms with van der Waals surface area (Å²) in [6.07, 6.45) is 7.44. The van der Waals surface area contributed by atoms with Crippen molar-refractivity contribution in [2.45, 2.75) is 24.6 Å². The van der Waals surface area contributed by atoms with Gasteiger partial charge in [-0.1, -0.05) is 24.3 Å². The molecule has 102 valence electrons. The van der Waals surface area contributed by atoms with Crippen LogP contribution in [-0.4, -0.2) is 9.38 Å². The Morgan fingerprint density at radius 3 is 3.15 bits per heavy atom. The maximum absolute atomic E-state index is 6.70. The fourth-order valence-corrected chi connectivity index (χ4v) is 4.27. The summed E-state index contributed by atoms with van der Waals surface area (Å²) in [5, 5.41) is 2.17. The highest BCUT2D eigenvalue weighted by atomic mass is 35.5. The van der Waals surface area contributed by atoms with Gasteiger partial charge < -0.3 is 0 Å². The third-order valence-electron chi connectivity index (χ3n) is 4.17. The van der Waals surface area contributed by atoms with Crippen molar-refractivity contribution in [3.8, 4) is 0 Å². The number of aromatic nitrogens is 2. The average Bonchev–Trinajstić information content (AvgIpc) is 3.03. The highest BCUT2D eigenvalue weighted by molar-refractivity contribution is 7.15. The monoisotopic (exact) mass is 302 g/mol. The zero-order valence-electron chi connectivity index (χ0n) is 11.0. The molecule has 1 aliphatic rings. The normalized spacial score (nSPS) is 22.1. The minimum Gasteiger partial charge on any atom is -0.297 e. The second-order valence-electron chi connectivity index (χ2n) is 5.43. The maximum Gasteiger partial charge on any atom is 0.193 e. The Hall–Kier alpha value is -1.32. The van der Waals surface area contributed by atoms with Gasteiger partial charge in [0.1, 0.15) is 0 Å². The summed E-state index contributed by atoms with van der Waals surface area (Å²) in [7, 11) is 0. The van der Waals surface area contributed by atoms with Gasteiger partial charge >= 0.3 is 0 Å². The van der Waals surface area contributed by atoms with E-state index in [9.17, 15) is 0 Å². The molecule has 1 aromatic carbocycles.